The summed E-state index contributed by atoms with van der Waals surface area (Å²) in [4.78, 5) is 15.5. The summed E-state index contributed by atoms with van der Waals surface area (Å²) >= 11 is 0. The van der Waals surface area contributed by atoms with E-state index < -0.39 is 33.8 Å². The summed E-state index contributed by atoms with van der Waals surface area (Å²) in [5.74, 6) is -1.21. The van der Waals surface area contributed by atoms with Crippen LogP contribution in [0.5, 0.6) is 0 Å². The fraction of sp³-hybridized carbons (Fsp3) is 0.214. The molecule has 4 rings (SSSR count). The number of aromatic carboxylic acids is 1. The Morgan fingerprint density at radius 2 is 1.62 bits per heavy atom. The molecule has 0 saturated heterocycles. The molecule has 0 aliphatic heterocycles. The van der Waals surface area contributed by atoms with Crippen LogP contribution >= 0.6 is 0 Å². The maximum atomic E-state index is 13.7. The van der Waals surface area contributed by atoms with Crippen molar-refractivity contribution in [1.29, 1.82) is 0 Å². The Bertz CT molecular complexity index is 1620. The number of halogens is 3. The van der Waals surface area contributed by atoms with Gasteiger partial charge in [-0.15, -0.1) is 0 Å². The molecule has 7 nitrogen and oxygen atoms in total. The van der Waals surface area contributed by atoms with Crippen molar-refractivity contribution in [2.24, 2.45) is 0 Å². The number of hydrogen-bond acceptors (Lipinski definition) is 5. The third kappa shape index (κ3) is 5.38. The molecule has 0 saturated carbocycles. The van der Waals surface area contributed by atoms with E-state index in [1.807, 2.05) is 24.3 Å². The van der Waals surface area contributed by atoms with E-state index in [1.54, 1.807) is 13.1 Å². The van der Waals surface area contributed by atoms with Gasteiger partial charge in [0.1, 0.15) is 0 Å². The van der Waals surface area contributed by atoms with Crippen LogP contribution in [0.2, 0.25) is 0 Å². The van der Waals surface area contributed by atoms with Crippen molar-refractivity contribution in [3.63, 3.8) is 0 Å². The number of benzene rings is 3. The van der Waals surface area contributed by atoms with E-state index in [2.05, 4.69) is 9.71 Å². The molecule has 0 aliphatic rings. The molecule has 0 fully saturated rings. The Hall–Kier alpha value is -3.80. The highest BCUT2D eigenvalue weighted by Crippen LogP contribution is 2.42. The van der Waals surface area contributed by atoms with Crippen LogP contribution in [-0.2, 0) is 20.4 Å². The molecule has 2 unspecified atom stereocenters. The first-order valence-corrected chi connectivity index (χ1v) is 13.2. The zero-order valence-electron chi connectivity index (χ0n) is 21.2. The largest absolute Gasteiger partial charge is 0.478 e. The summed E-state index contributed by atoms with van der Waals surface area (Å²) < 4.78 is 75.4. The Kier molecular flexibility index (Phi) is 7.53. The van der Waals surface area contributed by atoms with Crippen LogP contribution in [0.25, 0.3) is 10.8 Å². The highest BCUT2D eigenvalue weighted by molar-refractivity contribution is 7.89. The van der Waals surface area contributed by atoms with E-state index in [-0.39, 0.29) is 16.0 Å². The molecule has 3 aromatic carbocycles. The highest BCUT2D eigenvalue weighted by Gasteiger charge is 2.53. The standard InChI is InChI=1S/C28H25F3N2O5S/c1-17-23-7-5-4-6-20(23)16-32-24(17)25(33-39(36,37)22-14-10-19(11-15-22)26(34)35)18-8-12-21(13-9-18)27(2,38-3)28(29,30)31/h4-16,25,33H,1-3H3,(H,34,35). The Morgan fingerprint density at radius 1 is 1.00 bits per heavy atom. The first-order chi connectivity index (χ1) is 18.3. The third-order valence-electron chi connectivity index (χ3n) is 6.79. The number of fused-ring (bicyclic) bond motifs is 1. The van der Waals surface area contributed by atoms with E-state index in [4.69, 9.17) is 9.84 Å². The van der Waals surface area contributed by atoms with Gasteiger partial charge in [-0.25, -0.2) is 13.2 Å². The molecule has 0 aliphatic carbocycles. The number of carboxylic acid groups (broad SMARTS) is 1. The summed E-state index contributed by atoms with van der Waals surface area (Å²) in [6, 6.07) is 16.3. The fourth-order valence-corrected chi connectivity index (χ4v) is 5.48. The van der Waals surface area contributed by atoms with Gasteiger partial charge in [0.25, 0.3) is 0 Å². The molecule has 0 bridgehead atoms. The minimum Gasteiger partial charge on any atom is -0.478 e. The van der Waals surface area contributed by atoms with Gasteiger partial charge >= 0.3 is 12.1 Å². The number of aryl methyl sites for hydroxylation is 1. The van der Waals surface area contributed by atoms with Crippen molar-refractivity contribution in [2.75, 3.05) is 7.11 Å². The average Bonchev–Trinajstić information content (AvgIpc) is 2.91. The van der Waals surface area contributed by atoms with E-state index in [1.165, 1.54) is 48.5 Å². The molecular weight excluding hydrogens is 533 g/mol. The Labute approximate surface area is 223 Å². The maximum absolute atomic E-state index is 13.7. The fourth-order valence-electron chi connectivity index (χ4n) is 4.29. The molecule has 1 heterocycles. The SMILES string of the molecule is COC(C)(c1ccc(C(NS(=O)(=O)c2ccc(C(=O)O)cc2)c2ncc3ccccc3c2C)cc1)C(F)(F)F. The van der Waals surface area contributed by atoms with E-state index in [0.717, 1.165) is 24.8 Å². The number of carboxylic acids is 1. The van der Waals surface area contributed by atoms with Crippen molar-refractivity contribution >= 4 is 26.8 Å². The molecule has 0 radical (unpaired) electrons. The van der Waals surface area contributed by atoms with Crippen LogP contribution in [0.1, 0.15) is 45.7 Å². The molecule has 2 atom stereocenters. The maximum Gasteiger partial charge on any atom is 0.421 e. The summed E-state index contributed by atoms with van der Waals surface area (Å²) in [6.45, 7) is 2.70. The van der Waals surface area contributed by atoms with Crippen LogP contribution < -0.4 is 4.72 Å². The zero-order chi connectivity index (χ0) is 28.6. The van der Waals surface area contributed by atoms with Gasteiger partial charge in [-0.1, -0.05) is 48.5 Å². The van der Waals surface area contributed by atoms with Crippen LogP contribution in [0.4, 0.5) is 13.2 Å². The van der Waals surface area contributed by atoms with Crippen molar-refractivity contribution < 1.29 is 36.2 Å². The number of methoxy groups -OCH3 is 1. The van der Waals surface area contributed by atoms with Crippen molar-refractivity contribution in [3.05, 3.63) is 107 Å². The predicted molar refractivity (Wildman–Crippen MR) is 139 cm³/mol. The number of aromatic nitrogens is 1. The minimum absolute atomic E-state index is 0.0843. The van der Waals surface area contributed by atoms with Gasteiger partial charge in [0.2, 0.25) is 10.0 Å². The molecule has 2 N–H and O–H groups in total. The predicted octanol–water partition coefficient (Wildman–Crippen LogP) is 5.73. The first kappa shape index (κ1) is 28.2. The molecule has 204 valence electrons. The molecule has 11 heteroatoms. The van der Waals surface area contributed by atoms with Crippen molar-refractivity contribution in [3.8, 4) is 0 Å². The highest BCUT2D eigenvalue weighted by atomic mass is 32.2. The normalized spacial score (nSPS) is 14.6. The molecule has 0 spiro atoms. The smallest absolute Gasteiger partial charge is 0.421 e. The number of alkyl halides is 3. The zero-order valence-corrected chi connectivity index (χ0v) is 22.0. The number of sulfonamides is 1. The second-order valence-electron chi connectivity index (χ2n) is 9.10. The lowest BCUT2D eigenvalue weighted by Crippen LogP contribution is -2.41. The number of rotatable bonds is 8. The van der Waals surface area contributed by atoms with Gasteiger partial charge in [0.05, 0.1) is 22.2 Å². The van der Waals surface area contributed by atoms with E-state index in [0.29, 0.717) is 16.8 Å². The lowest BCUT2D eigenvalue weighted by Gasteiger charge is -2.31. The van der Waals surface area contributed by atoms with Crippen LogP contribution in [0, 0.1) is 6.92 Å². The number of nitrogens with zero attached hydrogens (tertiary/aromatic N) is 1. The third-order valence-corrected chi connectivity index (χ3v) is 8.23. The van der Waals surface area contributed by atoms with E-state index in [9.17, 15) is 26.4 Å². The van der Waals surface area contributed by atoms with E-state index >= 15 is 0 Å². The molecule has 1 aromatic heterocycles. The van der Waals surface area contributed by atoms with Crippen molar-refractivity contribution in [2.45, 2.75) is 36.6 Å². The molecular formula is C28H25F3N2O5S. The average molecular weight is 559 g/mol. The topological polar surface area (TPSA) is 106 Å². The first-order valence-electron chi connectivity index (χ1n) is 11.7. The number of carbonyl (C=O) groups is 1. The van der Waals surface area contributed by atoms with Crippen LogP contribution in [-0.4, -0.2) is 37.8 Å². The number of hydrogen-bond donors (Lipinski definition) is 2. The van der Waals surface area contributed by atoms with Gasteiger partial charge in [-0.2, -0.15) is 17.9 Å². The van der Waals surface area contributed by atoms with Crippen molar-refractivity contribution in [1.82, 2.24) is 9.71 Å². The molecule has 4 aromatic rings. The van der Waals surface area contributed by atoms with Crippen LogP contribution in [0.15, 0.2) is 83.9 Å². The molecule has 39 heavy (non-hydrogen) atoms. The number of ether oxygens (including phenoxy) is 1. The molecule has 0 amide bonds. The van der Waals surface area contributed by atoms with Gasteiger partial charge in [-0.05, 0) is 60.2 Å². The van der Waals surface area contributed by atoms with Gasteiger partial charge in [-0.3, -0.25) is 4.98 Å². The Morgan fingerprint density at radius 3 is 2.18 bits per heavy atom. The van der Waals surface area contributed by atoms with Gasteiger partial charge in [0, 0.05) is 18.7 Å². The van der Waals surface area contributed by atoms with Crippen LogP contribution in [0.3, 0.4) is 0 Å². The summed E-state index contributed by atoms with van der Waals surface area (Å²) in [5.41, 5.74) is -1.42. The summed E-state index contributed by atoms with van der Waals surface area (Å²) in [7, 11) is -3.25. The Balaban J connectivity index is 1.83. The summed E-state index contributed by atoms with van der Waals surface area (Å²) in [5, 5.41) is 10.8. The quantitative estimate of drug-likeness (QED) is 0.286. The number of pyridine rings is 1. The van der Waals surface area contributed by atoms with Gasteiger partial charge < -0.3 is 9.84 Å². The lowest BCUT2D eigenvalue weighted by atomic mass is 9.91. The summed E-state index contributed by atoms with van der Waals surface area (Å²) in [6.07, 6.45) is -3.09. The minimum atomic E-state index is -4.69. The van der Waals surface area contributed by atoms with Gasteiger partial charge in [0.15, 0.2) is 5.60 Å². The lowest BCUT2D eigenvalue weighted by molar-refractivity contribution is -0.269. The monoisotopic (exact) mass is 558 g/mol. The second kappa shape index (κ2) is 10.4. The number of nitrogens with one attached hydrogen (secondary N) is 1. The second-order valence-corrected chi connectivity index (χ2v) is 10.8.